The lowest BCUT2D eigenvalue weighted by molar-refractivity contribution is -0.384. The zero-order valence-corrected chi connectivity index (χ0v) is 13.7. The molecule has 0 unspecified atom stereocenters. The fraction of sp³-hybridized carbons (Fsp3) is 0.500. The molecule has 0 radical (unpaired) electrons. The number of halogens is 1. The molecule has 0 aliphatic carbocycles. The zero-order chi connectivity index (χ0) is 15.6. The van der Waals surface area contributed by atoms with Crippen molar-refractivity contribution in [3.8, 4) is 0 Å². The lowest BCUT2D eigenvalue weighted by atomic mass is 10.1. The maximum atomic E-state index is 12.2. The van der Waals surface area contributed by atoms with E-state index < -0.39 is 9.25 Å². The Kier molecular flexibility index (Phi) is 4.51. The molecule has 0 bridgehead atoms. The lowest BCUT2D eigenvalue weighted by Gasteiger charge is -2.38. The van der Waals surface area contributed by atoms with Gasteiger partial charge in [-0.15, -0.1) is 0 Å². The number of nitrogens with zero attached hydrogens (tertiary/aromatic N) is 3. The monoisotopic (exact) mass is 355 g/mol. The summed E-state index contributed by atoms with van der Waals surface area (Å²) in [5.41, 5.74) is 1.04. The highest BCUT2D eigenvalue weighted by molar-refractivity contribution is 9.10. The fourth-order valence-corrected chi connectivity index (χ4v) is 2.58. The molecule has 0 N–H and O–H groups in total. The summed E-state index contributed by atoms with van der Waals surface area (Å²) < 4.78 is -0.539. The third kappa shape index (κ3) is 3.72. The van der Waals surface area contributed by atoms with Crippen LogP contribution in [0.1, 0.15) is 13.8 Å². The zero-order valence-electron chi connectivity index (χ0n) is 12.1. The predicted molar refractivity (Wildman–Crippen MR) is 84.9 cm³/mol. The lowest BCUT2D eigenvalue weighted by Crippen LogP contribution is -2.52. The molecule has 0 spiro atoms. The van der Waals surface area contributed by atoms with E-state index in [1.807, 2.05) is 18.7 Å². The highest BCUT2D eigenvalue weighted by Crippen LogP contribution is 2.23. The van der Waals surface area contributed by atoms with Gasteiger partial charge < -0.3 is 9.80 Å². The highest BCUT2D eigenvalue weighted by Gasteiger charge is 2.31. The van der Waals surface area contributed by atoms with E-state index in [4.69, 9.17) is 0 Å². The average Bonchev–Trinajstić information content (AvgIpc) is 2.46. The number of nitro benzene ring substituents is 1. The molecule has 1 saturated heterocycles. The van der Waals surface area contributed by atoms with Gasteiger partial charge in [-0.2, -0.15) is 0 Å². The van der Waals surface area contributed by atoms with Crippen LogP contribution in [0, 0.1) is 10.1 Å². The molecule has 2 rings (SSSR count). The van der Waals surface area contributed by atoms with E-state index in [0.717, 1.165) is 18.8 Å². The minimum atomic E-state index is -0.539. The van der Waals surface area contributed by atoms with Crippen molar-refractivity contribution in [1.82, 2.24) is 4.90 Å². The Morgan fingerprint density at radius 3 is 2.14 bits per heavy atom. The van der Waals surface area contributed by atoms with E-state index in [9.17, 15) is 14.9 Å². The van der Waals surface area contributed by atoms with Crippen molar-refractivity contribution in [2.45, 2.75) is 18.2 Å². The van der Waals surface area contributed by atoms with Crippen molar-refractivity contribution in [3.63, 3.8) is 0 Å². The van der Waals surface area contributed by atoms with E-state index in [1.54, 1.807) is 12.1 Å². The van der Waals surface area contributed by atoms with Crippen LogP contribution >= 0.6 is 15.9 Å². The quantitative estimate of drug-likeness (QED) is 0.474. The number of alkyl halides is 1. The summed E-state index contributed by atoms with van der Waals surface area (Å²) in [6, 6.07) is 6.52. The summed E-state index contributed by atoms with van der Waals surface area (Å²) in [5, 5.41) is 10.6. The SMILES string of the molecule is CC(C)(Br)C(=O)N1CCN(c2ccc([N+](=O)[O-])cc2)CC1. The van der Waals surface area contributed by atoms with Crippen LogP contribution in [0.15, 0.2) is 24.3 Å². The summed E-state index contributed by atoms with van der Waals surface area (Å²) in [7, 11) is 0. The molecular formula is C14H18BrN3O3. The maximum Gasteiger partial charge on any atom is 0.269 e. The van der Waals surface area contributed by atoms with Gasteiger partial charge in [0.15, 0.2) is 0 Å². The number of benzene rings is 1. The molecule has 0 atom stereocenters. The highest BCUT2D eigenvalue weighted by atomic mass is 79.9. The second-order valence-electron chi connectivity index (χ2n) is 5.53. The number of carbonyl (C=O) groups excluding carboxylic acids is 1. The van der Waals surface area contributed by atoms with Gasteiger partial charge in [-0.3, -0.25) is 14.9 Å². The van der Waals surface area contributed by atoms with E-state index in [-0.39, 0.29) is 11.6 Å². The third-order valence-electron chi connectivity index (χ3n) is 3.50. The number of hydrogen-bond donors (Lipinski definition) is 0. The molecule has 1 aromatic carbocycles. The topological polar surface area (TPSA) is 66.7 Å². The van der Waals surface area contributed by atoms with Crippen molar-refractivity contribution >= 4 is 33.2 Å². The first-order chi connectivity index (χ1) is 9.79. The van der Waals surface area contributed by atoms with Gasteiger partial charge in [-0.1, -0.05) is 15.9 Å². The van der Waals surface area contributed by atoms with E-state index in [1.165, 1.54) is 12.1 Å². The predicted octanol–water partition coefficient (Wildman–Crippen LogP) is 2.42. The second kappa shape index (κ2) is 6.01. The van der Waals surface area contributed by atoms with Crippen LogP contribution in [0.2, 0.25) is 0 Å². The van der Waals surface area contributed by atoms with Crippen molar-refractivity contribution in [1.29, 1.82) is 0 Å². The normalized spacial score (nSPS) is 16.0. The standard InChI is InChI=1S/C14H18BrN3O3/c1-14(2,15)13(19)17-9-7-16(8-10-17)11-3-5-12(6-4-11)18(20)21/h3-6H,7-10H2,1-2H3. The first kappa shape index (κ1) is 15.8. The summed E-state index contributed by atoms with van der Waals surface area (Å²) in [6.45, 7) is 6.46. The van der Waals surface area contributed by atoms with Gasteiger partial charge in [-0.05, 0) is 26.0 Å². The third-order valence-corrected chi connectivity index (χ3v) is 3.84. The Morgan fingerprint density at radius 1 is 1.19 bits per heavy atom. The Morgan fingerprint density at radius 2 is 1.71 bits per heavy atom. The van der Waals surface area contributed by atoms with Gasteiger partial charge in [0.25, 0.3) is 5.69 Å². The molecule has 114 valence electrons. The molecule has 1 aromatic rings. The summed E-state index contributed by atoms with van der Waals surface area (Å²) in [4.78, 5) is 26.4. The van der Waals surface area contributed by atoms with Gasteiger partial charge in [0.2, 0.25) is 5.91 Å². The number of piperazine rings is 1. The second-order valence-corrected chi connectivity index (χ2v) is 7.51. The smallest absolute Gasteiger partial charge is 0.269 e. The fourth-order valence-electron chi connectivity index (χ4n) is 2.33. The van der Waals surface area contributed by atoms with Gasteiger partial charge in [-0.25, -0.2) is 0 Å². The van der Waals surface area contributed by atoms with Gasteiger partial charge in [0.1, 0.15) is 0 Å². The van der Waals surface area contributed by atoms with E-state index in [0.29, 0.717) is 13.1 Å². The van der Waals surface area contributed by atoms with Gasteiger partial charge >= 0.3 is 0 Å². The van der Waals surface area contributed by atoms with E-state index >= 15 is 0 Å². The molecule has 1 heterocycles. The van der Waals surface area contributed by atoms with E-state index in [2.05, 4.69) is 20.8 Å². The molecular weight excluding hydrogens is 338 g/mol. The van der Waals surface area contributed by atoms with Crippen molar-refractivity contribution in [3.05, 3.63) is 34.4 Å². The van der Waals surface area contributed by atoms with Crippen LogP contribution in [-0.2, 0) is 4.79 Å². The Labute approximate surface area is 132 Å². The molecule has 1 amide bonds. The van der Waals surface area contributed by atoms with Crippen LogP contribution in [0.5, 0.6) is 0 Å². The van der Waals surface area contributed by atoms with Crippen molar-refractivity contribution < 1.29 is 9.72 Å². The first-order valence-corrected chi connectivity index (χ1v) is 7.56. The number of hydrogen-bond acceptors (Lipinski definition) is 4. The Bertz CT molecular complexity index is 531. The number of amides is 1. The molecule has 1 aliphatic rings. The largest absolute Gasteiger partial charge is 0.368 e. The van der Waals surface area contributed by atoms with Crippen LogP contribution in [0.25, 0.3) is 0 Å². The van der Waals surface area contributed by atoms with Gasteiger partial charge in [0, 0.05) is 44.0 Å². The molecule has 1 aliphatic heterocycles. The number of rotatable bonds is 3. The summed E-state index contributed by atoms with van der Waals surface area (Å²) in [6.07, 6.45) is 0. The Balaban J connectivity index is 1.98. The van der Waals surface area contributed by atoms with Crippen LogP contribution in [0.3, 0.4) is 0 Å². The minimum absolute atomic E-state index is 0.0887. The number of non-ortho nitro benzene ring substituents is 1. The number of anilines is 1. The molecule has 0 aromatic heterocycles. The number of carbonyl (C=O) groups is 1. The minimum Gasteiger partial charge on any atom is -0.368 e. The van der Waals surface area contributed by atoms with Crippen molar-refractivity contribution in [2.75, 3.05) is 31.1 Å². The van der Waals surface area contributed by atoms with Crippen LogP contribution < -0.4 is 4.90 Å². The summed E-state index contributed by atoms with van der Waals surface area (Å²) >= 11 is 3.39. The maximum absolute atomic E-state index is 12.2. The molecule has 6 nitrogen and oxygen atoms in total. The Hall–Kier alpha value is -1.63. The van der Waals surface area contributed by atoms with Gasteiger partial charge in [0.05, 0.1) is 9.25 Å². The average molecular weight is 356 g/mol. The summed E-state index contributed by atoms with van der Waals surface area (Å²) in [5.74, 6) is 0.0887. The first-order valence-electron chi connectivity index (χ1n) is 6.77. The molecule has 21 heavy (non-hydrogen) atoms. The molecule has 1 fully saturated rings. The molecule has 0 saturated carbocycles. The van der Waals surface area contributed by atoms with Crippen LogP contribution in [-0.4, -0.2) is 46.2 Å². The number of nitro groups is 1. The molecule has 7 heteroatoms. The van der Waals surface area contributed by atoms with Crippen LogP contribution in [0.4, 0.5) is 11.4 Å². The van der Waals surface area contributed by atoms with Crippen molar-refractivity contribution in [2.24, 2.45) is 0 Å².